The molecule has 0 aliphatic heterocycles. The van der Waals surface area contributed by atoms with Crippen LogP contribution in [0.2, 0.25) is 0 Å². The summed E-state index contributed by atoms with van der Waals surface area (Å²) in [5, 5.41) is 0. The van der Waals surface area contributed by atoms with Gasteiger partial charge in [0.25, 0.3) is 0 Å². The minimum absolute atomic E-state index is 0.345. The zero-order valence-electron chi connectivity index (χ0n) is 47.5. The lowest BCUT2D eigenvalue weighted by Crippen LogP contribution is -2.21. The van der Waals surface area contributed by atoms with Crippen LogP contribution in [0.4, 0.5) is 34.6 Å². The lowest BCUT2D eigenvalue weighted by atomic mass is 9.96. The van der Waals surface area contributed by atoms with Gasteiger partial charge in [-0.1, -0.05) is 211 Å². The number of aryl methyl sites for hydroxylation is 8. The predicted molar refractivity (Wildman–Crippen MR) is 339 cm³/mol. The Hall–Kier alpha value is -10.2. The molecule has 398 valence electrons. The highest BCUT2D eigenvalue weighted by Crippen LogP contribution is 2.47. The van der Waals surface area contributed by atoms with Crippen LogP contribution in [0.1, 0.15) is 44.5 Å². The summed E-state index contributed by atoms with van der Waals surface area (Å²) in [6.07, 6.45) is 0. The van der Waals surface area contributed by atoms with E-state index in [9.17, 15) is 0 Å². The molecule has 0 bridgehead atoms. The van der Waals surface area contributed by atoms with Gasteiger partial charge in [0.1, 0.15) is 0 Å². The first-order valence-corrected chi connectivity index (χ1v) is 27.8. The highest BCUT2D eigenvalue weighted by molar-refractivity contribution is 5.88. The molecule has 2 heterocycles. The second-order valence-corrected chi connectivity index (χ2v) is 21.4. The molecule has 10 aromatic carbocycles. The molecule has 0 saturated heterocycles. The molecule has 12 aromatic rings. The zero-order valence-corrected chi connectivity index (χ0v) is 47.5. The van der Waals surface area contributed by atoms with Gasteiger partial charge in [0.2, 0.25) is 11.9 Å². The molecule has 0 fully saturated rings. The molecule has 8 heteroatoms. The third-order valence-corrected chi connectivity index (χ3v) is 15.0. The molecule has 0 spiro atoms. The summed E-state index contributed by atoms with van der Waals surface area (Å²) in [6, 6.07) is 80.3. The van der Waals surface area contributed by atoms with Crippen molar-refractivity contribution in [2.24, 2.45) is 0 Å². The van der Waals surface area contributed by atoms with E-state index in [1.165, 1.54) is 33.4 Å². The third-order valence-electron chi connectivity index (χ3n) is 15.0. The second-order valence-electron chi connectivity index (χ2n) is 21.4. The van der Waals surface area contributed by atoms with Gasteiger partial charge in [-0.25, -0.2) is 14.9 Å². The van der Waals surface area contributed by atoms with Crippen LogP contribution >= 0.6 is 0 Å². The number of benzene rings is 10. The summed E-state index contributed by atoms with van der Waals surface area (Å²) in [5.74, 6) is 2.69. The SMILES string of the molecule is Cc1cc(C)c(N(c2cc(C)c(N(c3nc(-c4ccccc4)nc(-c4ccc(-c5ccccc5)cc4)n3)c3nc(-c4ccccc4)nc(-c4cc(-c5ccccc5)cc(-c5ccccc5)c4)n3)c(C)c2)c2c(C)cc(C)cc2C)c(C)c1. The fraction of sp³-hybridized carbons (Fsp3) is 0.108. The Kier molecular flexibility index (Phi) is 14.4. The van der Waals surface area contributed by atoms with Crippen molar-refractivity contribution in [2.45, 2.75) is 55.4 Å². The highest BCUT2D eigenvalue weighted by Gasteiger charge is 2.29. The van der Waals surface area contributed by atoms with E-state index in [1.54, 1.807) is 0 Å². The van der Waals surface area contributed by atoms with E-state index < -0.39 is 0 Å². The second kappa shape index (κ2) is 22.5. The van der Waals surface area contributed by atoms with Crippen molar-refractivity contribution in [3.63, 3.8) is 0 Å². The van der Waals surface area contributed by atoms with E-state index >= 15 is 0 Å². The van der Waals surface area contributed by atoms with Crippen LogP contribution in [0, 0.1) is 55.4 Å². The fourth-order valence-electron chi connectivity index (χ4n) is 11.5. The summed E-state index contributed by atoms with van der Waals surface area (Å²) < 4.78 is 0. The first-order valence-electron chi connectivity index (χ1n) is 27.8. The molecule has 0 atom stereocenters. The molecule has 8 nitrogen and oxygen atoms in total. The lowest BCUT2D eigenvalue weighted by molar-refractivity contribution is 0.957. The number of anilines is 6. The minimum Gasteiger partial charge on any atom is -0.309 e. The summed E-state index contributed by atoms with van der Waals surface area (Å²) in [6.45, 7) is 17.5. The molecule has 0 aliphatic rings. The number of nitrogens with zero attached hydrogens (tertiary/aromatic N) is 8. The Morgan fingerprint density at radius 3 is 0.841 bits per heavy atom. The van der Waals surface area contributed by atoms with Crippen molar-refractivity contribution in [1.82, 2.24) is 29.9 Å². The summed E-state index contributed by atoms with van der Waals surface area (Å²) in [4.78, 5) is 37.1. The molecule has 12 rings (SSSR count). The molecule has 0 N–H and O–H groups in total. The monoisotopic (exact) mass is 1060 g/mol. The minimum atomic E-state index is 0.345. The van der Waals surface area contributed by atoms with E-state index in [0.29, 0.717) is 35.2 Å². The van der Waals surface area contributed by atoms with Gasteiger partial charge in [-0.3, -0.25) is 0 Å². The number of aromatic nitrogens is 6. The highest BCUT2D eigenvalue weighted by atomic mass is 15.4. The quantitative estimate of drug-likeness (QED) is 0.113. The van der Waals surface area contributed by atoms with Crippen molar-refractivity contribution in [3.8, 4) is 78.9 Å². The Labute approximate surface area is 481 Å². The van der Waals surface area contributed by atoms with Crippen molar-refractivity contribution in [1.29, 1.82) is 0 Å². The molecular weight excluding hydrogens is 1000 g/mol. The van der Waals surface area contributed by atoms with Crippen LogP contribution < -0.4 is 9.80 Å². The van der Waals surface area contributed by atoms with Gasteiger partial charge in [-0.15, -0.1) is 0 Å². The molecule has 0 unspecified atom stereocenters. The van der Waals surface area contributed by atoms with E-state index in [-0.39, 0.29) is 0 Å². The van der Waals surface area contributed by atoms with Crippen LogP contribution in [0.3, 0.4) is 0 Å². The molecule has 0 aliphatic carbocycles. The van der Waals surface area contributed by atoms with E-state index in [2.05, 4.69) is 212 Å². The maximum Gasteiger partial charge on any atom is 0.241 e. The fourth-order valence-corrected chi connectivity index (χ4v) is 11.5. The smallest absolute Gasteiger partial charge is 0.241 e. The molecule has 0 amide bonds. The summed E-state index contributed by atoms with van der Waals surface area (Å²) >= 11 is 0. The zero-order chi connectivity index (χ0) is 56.4. The van der Waals surface area contributed by atoms with Gasteiger partial charge in [0.05, 0.1) is 17.1 Å². The Morgan fingerprint density at radius 2 is 0.476 bits per heavy atom. The van der Waals surface area contributed by atoms with Gasteiger partial charge >= 0.3 is 0 Å². The number of rotatable bonds is 13. The van der Waals surface area contributed by atoms with Gasteiger partial charge in [-0.05, 0) is 152 Å². The Bertz CT molecular complexity index is 4100. The molecular formula is C74H62N8. The van der Waals surface area contributed by atoms with Crippen molar-refractivity contribution in [3.05, 3.63) is 275 Å². The summed E-state index contributed by atoms with van der Waals surface area (Å²) in [5.41, 5.74) is 23.1. The molecule has 0 saturated carbocycles. The largest absolute Gasteiger partial charge is 0.309 e. The van der Waals surface area contributed by atoms with Crippen molar-refractivity contribution in [2.75, 3.05) is 9.80 Å². The maximum atomic E-state index is 5.59. The first kappa shape index (κ1) is 52.5. The topological polar surface area (TPSA) is 83.8 Å². The Balaban J connectivity index is 1.14. The van der Waals surface area contributed by atoms with Crippen molar-refractivity contribution >= 4 is 34.6 Å². The maximum absolute atomic E-state index is 5.59. The van der Waals surface area contributed by atoms with Gasteiger partial charge < -0.3 is 4.90 Å². The van der Waals surface area contributed by atoms with Crippen LogP contribution in [-0.4, -0.2) is 29.9 Å². The average molecular weight is 1060 g/mol. The van der Waals surface area contributed by atoms with Gasteiger partial charge in [0.15, 0.2) is 23.3 Å². The van der Waals surface area contributed by atoms with Gasteiger partial charge in [0, 0.05) is 27.9 Å². The summed E-state index contributed by atoms with van der Waals surface area (Å²) in [7, 11) is 0. The number of hydrogen-bond donors (Lipinski definition) is 0. The van der Waals surface area contributed by atoms with E-state index in [0.717, 1.165) is 89.5 Å². The van der Waals surface area contributed by atoms with Crippen LogP contribution in [-0.2, 0) is 0 Å². The standard InChI is InChI=1S/C74H62N8/c1-47-38-49(3)66(50(4)39-47)81(67-51(5)40-48(2)41-52(67)6)65-42-53(7)68(54(8)43-65)82(73-77-69(59-30-20-12-21-31-59)75-71(79-73)61-36-34-58(35-37-61)55-24-14-9-15-25-55)74-78-70(60-32-22-13-23-33-60)76-72(80-74)64-45-62(56-26-16-10-17-27-56)44-63(46-64)57-28-18-11-19-29-57/h9-46H,1-8H3. The van der Waals surface area contributed by atoms with Crippen LogP contribution in [0.15, 0.2) is 231 Å². The van der Waals surface area contributed by atoms with Crippen LogP contribution in [0.25, 0.3) is 78.9 Å². The lowest BCUT2D eigenvalue weighted by Gasteiger charge is -2.33. The molecule has 82 heavy (non-hydrogen) atoms. The normalized spacial score (nSPS) is 11.2. The number of hydrogen-bond acceptors (Lipinski definition) is 8. The van der Waals surface area contributed by atoms with E-state index in [4.69, 9.17) is 29.9 Å². The van der Waals surface area contributed by atoms with Crippen LogP contribution in [0.5, 0.6) is 0 Å². The molecule has 0 radical (unpaired) electrons. The molecule has 2 aromatic heterocycles. The predicted octanol–water partition coefficient (Wildman–Crippen LogP) is 19.1. The third kappa shape index (κ3) is 10.7. The van der Waals surface area contributed by atoms with Crippen molar-refractivity contribution < 1.29 is 0 Å². The van der Waals surface area contributed by atoms with E-state index in [1.807, 2.05) is 83.8 Å². The van der Waals surface area contributed by atoms with Gasteiger partial charge in [-0.2, -0.15) is 19.9 Å². The average Bonchev–Trinajstić information content (AvgIpc) is 3.67. The first-order chi connectivity index (χ1) is 39.9. The Morgan fingerprint density at radius 1 is 0.220 bits per heavy atom.